The van der Waals surface area contributed by atoms with Crippen LogP contribution in [0.4, 0.5) is 4.79 Å². The molecule has 1 aromatic rings. The van der Waals surface area contributed by atoms with Gasteiger partial charge in [0.25, 0.3) is 5.91 Å². The maximum absolute atomic E-state index is 12.0. The summed E-state index contributed by atoms with van der Waals surface area (Å²) >= 11 is 5.93. The predicted molar refractivity (Wildman–Crippen MR) is 73.5 cm³/mol. The van der Waals surface area contributed by atoms with E-state index in [1.165, 1.54) is 18.2 Å². The molecule has 1 aliphatic rings. The number of imide groups is 1. The monoisotopic (exact) mass is 292 g/mol. The van der Waals surface area contributed by atoms with Gasteiger partial charge in [-0.15, -0.1) is 0 Å². The first-order valence-corrected chi connectivity index (χ1v) is 6.50. The van der Waals surface area contributed by atoms with Crippen molar-refractivity contribution < 1.29 is 9.59 Å². The third-order valence-corrected chi connectivity index (χ3v) is 3.28. The summed E-state index contributed by atoms with van der Waals surface area (Å²) in [6.07, 6.45) is 0. The largest absolute Gasteiger partial charge is 0.324 e. The Morgan fingerprint density at radius 1 is 1.35 bits per heavy atom. The van der Waals surface area contributed by atoms with Crippen LogP contribution in [-0.4, -0.2) is 43.0 Å². The standard InChI is InChI=1S/C13H13ClN4O2/c14-11-7-9(8-15)1-2-10(11)12(19)17-13(20)18-5-3-16-4-6-18/h1-2,7,16H,3-6H2,(H,17,19,20). The molecule has 0 spiro atoms. The molecule has 0 bridgehead atoms. The third-order valence-electron chi connectivity index (χ3n) is 2.97. The Bertz CT molecular complexity index is 576. The van der Waals surface area contributed by atoms with E-state index in [0.717, 1.165) is 0 Å². The Morgan fingerprint density at radius 2 is 2.05 bits per heavy atom. The SMILES string of the molecule is N#Cc1ccc(C(=O)NC(=O)N2CCNCC2)c(Cl)c1. The highest BCUT2D eigenvalue weighted by atomic mass is 35.5. The van der Waals surface area contributed by atoms with Gasteiger partial charge in [-0.1, -0.05) is 11.6 Å². The van der Waals surface area contributed by atoms with Crippen LogP contribution in [0.5, 0.6) is 0 Å². The van der Waals surface area contributed by atoms with Gasteiger partial charge in [-0.3, -0.25) is 10.1 Å². The number of hydrogen-bond donors (Lipinski definition) is 2. The molecule has 3 amide bonds. The van der Waals surface area contributed by atoms with Crippen molar-refractivity contribution >= 4 is 23.5 Å². The summed E-state index contributed by atoms with van der Waals surface area (Å²) in [5.41, 5.74) is 0.536. The van der Waals surface area contributed by atoms with Crippen LogP contribution in [0.15, 0.2) is 18.2 Å². The maximum atomic E-state index is 12.0. The van der Waals surface area contributed by atoms with E-state index in [1.807, 2.05) is 6.07 Å². The molecule has 6 nitrogen and oxygen atoms in total. The van der Waals surface area contributed by atoms with Gasteiger partial charge < -0.3 is 10.2 Å². The molecule has 2 N–H and O–H groups in total. The predicted octanol–water partition coefficient (Wildman–Crippen LogP) is 0.967. The molecule has 1 aliphatic heterocycles. The molecule has 0 aromatic heterocycles. The lowest BCUT2D eigenvalue weighted by atomic mass is 10.1. The minimum absolute atomic E-state index is 0.148. The van der Waals surface area contributed by atoms with Gasteiger partial charge in [-0.05, 0) is 18.2 Å². The zero-order chi connectivity index (χ0) is 14.5. The minimum Gasteiger partial charge on any atom is -0.322 e. The molecule has 1 aromatic carbocycles. The zero-order valence-corrected chi connectivity index (χ0v) is 11.4. The van der Waals surface area contributed by atoms with E-state index in [1.54, 1.807) is 4.90 Å². The lowest BCUT2D eigenvalue weighted by molar-refractivity contribution is 0.0950. The summed E-state index contributed by atoms with van der Waals surface area (Å²) in [5.74, 6) is -0.567. The van der Waals surface area contributed by atoms with Crippen molar-refractivity contribution in [2.45, 2.75) is 0 Å². The molecule has 1 heterocycles. The Hall–Kier alpha value is -2.10. The van der Waals surface area contributed by atoms with E-state index < -0.39 is 11.9 Å². The van der Waals surface area contributed by atoms with Gasteiger partial charge in [-0.25, -0.2) is 4.79 Å². The van der Waals surface area contributed by atoms with Gasteiger partial charge in [0.15, 0.2) is 0 Å². The molecule has 0 atom stereocenters. The number of nitrogens with zero attached hydrogens (tertiary/aromatic N) is 2. The van der Waals surface area contributed by atoms with Gasteiger partial charge >= 0.3 is 6.03 Å². The lowest BCUT2D eigenvalue weighted by Gasteiger charge is -2.27. The molecule has 0 radical (unpaired) electrons. The van der Waals surface area contributed by atoms with Crippen molar-refractivity contribution in [3.05, 3.63) is 34.3 Å². The van der Waals surface area contributed by atoms with Crippen LogP contribution < -0.4 is 10.6 Å². The molecular weight excluding hydrogens is 280 g/mol. The number of rotatable bonds is 1. The van der Waals surface area contributed by atoms with Crippen LogP contribution >= 0.6 is 11.6 Å². The topological polar surface area (TPSA) is 85.2 Å². The van der Waals surface area contributed by atoms with E-state index in [0.29, 0.717) is 31.7 Å². The summed E-state index contributed by atoms with van der Waals surface area (Å²) in [7, 11) is 0. The van der Waals surface area contributed by atoms with Crippen molar-refractivity contribution in [1.29, 1.82) is 5.26 Å². The third kappa shape index (κ3) is 3.26. The molecule has 1 saturated heterocycles. The van der Waals surface area contributed by atoms with Crippen molar-refractivity contribution in [3.63, 3.8) is 0 Å². The summed E-state index contributed by atoms with van der Waals surface area (Å²) in [6.45, 7) is 2.53. The van der Waals surface area contributed by atoms with Gasteiger partial charge in [0.1, 0.15) is 0 Å². The Labute approximate surface area is 121 Å². The first-order chi connectivity index (χ1) is 9.61. The molecule has 1 fully saturated rings. The second kappa shape index (κ2) is 6.37. The number of nitrogens with one attached hydrogen (secondary N) is 2. The van der Waals surface area contributed by atoms with Crippen LogP contribution in [-0.2, 0) is 0 Å². The smallest absolute Gasteiger partial charge is 0.322 e. The van der Waals surface area contributed by atoms with Crippen LogP contribution in [0.1, 0.15) is 15.9 Å². The van der Waals surface area contributed by atoms with Gasteiger partial charge in [0.2, 0.25) is 0 Å². The summed E-state index contributed by atoms with van der Waals surface area (Å²) in [4.78, 5) is 25.4. The first-order valence-electron chi connectivity index (χ1n) is 6.12. The minimum atomic E-state index is -0.567. The molecule has 2 rings (SSSR count). The first kappa shape index (κ1) is 14.3. The van der Waals surface area contributed by atoms with E-state index >= 15 is 0 Å². The molecule has 20 heavy (non-hydrogen) atoms. The van der Waals surface area contributed by atoms with E-state index in [4.69, 9.17) is 16.9 Å². The van der Waals surface area contributed by atoms with Crippen molar-refractivity contribution in [1.82, 2.24) is 15.5 Å². The van der Waals surface area contributed by atoms with Crippen LogP contribution in [0, 0.1) is 11.3 Å². The van der Waals surface area contributed by atoms with E-state index in [2.05, 4.69) is 10.6 Å². The average molecular weight is 293 g/mol. The fourth-order valence-electron chi connectivity index (χ4n) is 1.88. The van der Waals surface area contributed by atoms with E-state index in [-0.39, 0.29) is 10.6 Å². The molecule has 7 heteroatoms. The summed E-state index contributed by atoms with van der Waals surface area (Å²) in [5, 5.41) is 14.3. The second-order valence-corrected chi connectivity index (χ2v) is 4.71. The number of piperazine rings is 1. The summed E-state index contributed by atoms with van der Waals surface area (Å²) in [6, 6.07) is 5.80. The summed E-state index contributed by atoms with van der Waals surface area (Å²) < 4.78 is 0. The molecule has 0 saturated carbocycles. The number of halogens is 1. The van der Waals surface area contributed by atoms with Crippen molar-refractivity contribution in [3.8, 4) is 6.07 Å². The Balaban J connectivity index is 2.04. The molecule has 0 aliphatic carbocycles. The average Bonchev–Trinajstić information content (AvgIpc) is 2.47. The fraction of sp³-hybridized carbons (Fsp3) is 0.308. The van der Waals surface area contributed by atoms with Crippen molar-refractivity contribution in [2.24, 2.45) is 0 Å². The lowest BCUT2D eigenvalue weighted by Crippen LogP contribution is -2.51. The number of carbonyl (C=O) groups is 2. The van der Waals surface area contributed by atoms with Gasteiger partial charge in [-0.2, -0.15) is 5.26 Å². The van der Waals surface area contributed by atoms with Crippen LogP contribution in [0.2, 0.25) is 5.02 Å². The molecule has 104 valence electrons. The Kier molecular flexibility index (Phi) is 4.56. The molecule has 0 unspecified atom stereocenters. The van der Waals surface area contributed by atoms with Gasteiger partial charge in [0.05, 0.1) is 22.2 Å². The van der Waals surface area contributed by atoms with Crippen LogP contribution in [0.25, 0.3) is 0 Å². The number of carbonyl (C=O) groups excluding carboxylic acids is 2. The number of amides is 3. The number of hydrogen-bond acceptors (Lipinski definition) is 4. The highest BCUT2D eigenvalue weighted by Crippen LogP contribution is 2.17. The zero-order valence-electron chi connectivity index (χ0n) is 10.6. The van der Waals surface area contributed by atoms with Gasteiger partial charge in [0, 0.05) is 26.2 Å². The quantitative estimate of drug-likeness (QED) is 0.807. The molecular formula is C13H13ClN4O2. The normalized spacial score (nSPS) is 14.5. The maximum Gasteiger partial charge on any atom is 0.324 e. The highest BCUT2D eigenvalue weighted by Gasteiger charge is 2.20. The van der Waals surface area contributed by atoms with E-state index in [9.17, 15) is 9.59 Å². The number of nitriles is 1. The second-order valence-electron chi connectivity index (χ2n) is 4.30. The van der Waals surface area contributed by atoms with Crippen molar-refractivity contribution in [2.75, 3.05) is 26.2 Å². The van der Waals surface area contributed by atoms with Crippen LogP contribution in [0.3, 0.4) is 0 Å². The highest BCUT2D eigenvalue weighted by molar-refractivity contribution is 6.34. The number of urea groups is 1. The fourth-order valence-corrected chi connectivity index (χ4v) is 2.15. The Morgan fingerprint density at radius 3 is 2.65 bits per heavy atom. The number of benzene rings is 1.